The van der Waals surface area contributed by atoms with Crippen molar-refractivity contribution >= 4 is 73.5 Å². The Hall–Kier alpha value is -4.06. The molecule has 0 aliphatic heterocycles. The van der Waals surface area contributed by atoms with Crippen molar-refractivity contribution in [3.8, 4) is 0 Å². The van der Waals surface area contributed by atoms with Gasteiger partial charge in [0.1, 0.15) is 0 Å². The number of rotatable bonds is 6. The minimum Gasteiger partial charge on any atom is -0.290 e. The fourth-order valence-electron chi connectivity index (χ4n) is 3.93. The molecule has 3 amide bonds. The summed E-state index contributed by atoms with van der Waals surface area (Å²) < 4.78 is 0.733. The third kappa shape index (κ3) is 6.22. The van der Waals surface area contributed by atoms with Crippen molar-refractivity contribution in [1.29, 1.82) is 0 Å². The van der Waals surface area contributed by atoms with Crippen molar-refractivity contribution in [2.45, 2.75) is 32.7 Å². The van der Waals surface area contributed by atoms with Crippen molar-refractivity contribution in [1.82, 2.24) is 25.6 Å². The molecule has 0 saturated heterocycles. The van der Waals surface area contributed by atoms with Crippen LogP contribution in [0.2, 0.25) is 10.0 Å². The predicted molar refractivity (Wildman–Crippen MR) is 159 cm³/mol. The zero-order valence-corrected chi connectivity index (χ0v) is 24.0. The lowest BCUT2D eigenvalue weighted by Crippen LogP contribution is -2.34. The highest BCUT2D eigenvalue weighted by Crippen LogP contribution is 2.35. The first-order valence-corrected chi connectivity index (χ1v) is 13.7. The first kappa shape index (κ1) is 27.5. The Balaban J connectivity index is 1.40. The van der Waals surface area contributed by atoms with Crippen LogP contribution in [0.25, 0.3) is 10.2 Å². The summed E-state index contributed by atoms with van der Waals surface area (Å²) >= 11 is 13.7. The fourth-order valence-corrected chi connectivity index (χ4v) is 5.37. The van der Waals surface area contributed by atoms with Gasteiger partial charge >= 0.3 is 6.03 Å². The van der Waals surface area contributed by atoms with E-state index in [9.17, 15) is 9.59 Å². The van der Waals surface area contributed by atoms with Crippen molar-refractivity contribution in [3.63, 3.8) is 0 Å². The van der Waals surface area contributed by atoms with E-state index in [1.807, 2.05) is 24.3 Å². The molecular weight excluding hydrogens is 571 g/mol. The highest BCUT2D eigenvalue weighted by molar-refractivity contribution is 7.23. The van der Waals surface area contributed by atoms with Gasteiger partial charge in [-0.1, -0.05) is 84.7 Å². The van der Waals surface area contributed by atoms with Crippen molar-refractivity contribution < 1.29 is 9.59 Å². The SMILES string of the molecule is CC(C)(C)c1ccc(N(Cc2ccc(C(=O)Nc3nn[nH]n3)cc2)C(=O)Nc2nc3cc(Cl)cc(Cl)c3s2)cc1. The highest BCUT2D eigenvalue weighted by atomic mass is 35.5. The van der Waals surface area contributed by atoms with Crippen LogP contribution in [0.5, 0.6) is 0 Å². The zero-order valence-electron chi connectivity index (χ0n) is 21.7. The molecule has 2 heterocycles. The number of nitrogens with zero attached hydrogens (tertiary/aromatic N) is 5. The van der Waals surface area contributed by atoms with Gasteiger partial charge in [0.2, 0.25) is 0 Å². The summed E-state index contributed by atoms with van der Waals surface area (Å²) in [4.78, 5) is 32.2. The molecule has 0 spiro atoms. The molecule has 3 N–H and O–H groups in total. The summed E-state index contributed by atoms with van der Waals surface area (Å²) in [6, 6.07) is 17.8. The van der Waals surface area contributed by atoms with Gasteiger partial charge in [-0.05, 0) is 58.2 Å². The van der Waals surface area contributed by atoms with Gasteiger partial charge in [0, 0.05) is 16.3 Å². The first-order valence-electron chi connectivity index (χ1n) is 12.2. The minimum absolute atomic E-state index is 0.0366. The normalized spacial score (nSPS) is 11.4. The Morgan fingerprint density at radius 1 is 1.00 bits per heavy atom. The predicted octanol–water partition coefficient (Wildman–Crippen LogP) is 6.90. The van der Waals surface area contributed by atoms with Gasteiger partial charge in [-0.15, -0.1) is 5.10 Å². The number of urea groups is 1. The Labute approximate surface area is 243 Å². The topological polar surface area (TPSA) is 129 Å². The Morgan fingerprint density at radius 3 is 2.38 bits per heavy atom. The summed E-state index contributed by atoms with van der Waals surface area (Å²) in [6.45, 7) is 6.64. The molecule has 0 unspecified atom stereocenters. The third-order valence-corrected chi connectivity index (χ3v) is 7.69. The minimum atomic E-state index is -0.380. The van der Waals surface area contributed by atoms with E-state index in [0.29, 0.717) is 31.9 Å². The maximum Gasteiger partial charge on any atom is 0.328 e. The second kappa shape index (κ2) is 11.2. The number of amides is 3. The first-order chi connectivity index (χ1) is 19.1. The van der Waals surface area contributed by atoms with Gasteiger partial charge in [-0.2, -0.15) is 5.21 Å². The summed E-state index contributed by atoms with van der Waals surface area (Å²) in [7, 11) is 0. The van der Waals surface area contributed by atoms with Gasteiger partial charge in [0.05, 0.1) is 21.8 Å². The number of tetrazole rings is 1. The summed E-state index contributed by atoms with van der Waals surface area (Å²) in [5.74, 6) is -0.302. The summed E-state index contributed by atoms with van der Waals surface area (Å²) in [6.07, 6.45) is 0. The van der Waals surface area contributed by atoms with E-state index in [1.54, 1.807) is 41.3 Å². The number of nitrogens with one attached hydrogen (secondary N) is 3. The number of benzene rings is 3. The van der Waals surface area contributed by atoms with Crippen molar-refractivity contribution in [2.24, 2.45) is 0 Å². The number of hydrogen-bond donors (Lipinski definition) is 3. The van der Waals surface area contributed by atoms with E-state index in [2.05, 4.69) is 57.0 Å². The van der Waals surface area contributed by atoms with E-state index < -0.39 is 0 Å². The average Bonchev–Trinajstić information content (AvgIpc) is 3.57. The molecule has 5 rings (SSSR count). The second-order valence-electron chi connectivity index (χ2n) is 9.95. The van der Waals surface area contributed by atoms with E-state index in [-0.39, 0.29) is 29.8 Å². The van der Waals surface area contributed by atoms with E-state index in [0.717, 1.165) is 15.8 Å². The van der Waals surface area contributed by atoms with Crippen LogP contribution < -0.4 is 15.5 Å². The average molecular weight is 596 g/mol. The number of carbonyl (C=O) groups is 2. The molecular formula is C27H24Cl2N8O2S. The molecule has 0 radical (unpaired) electrons. The molecule has 0 aliphatic rings. The van der Waals surface area contributed by atoms with E-state index >= 15 is 0 Å². The molecule has 3 aromatic carbocycles. The van der Waals surface area contributed by atoms with Gasteiger partial charge in [-0.3, -0.25) is 20.3 Å². The number of aromatic nitrogens is 5. The van der Waals surface area contributed by atoms with Crippen LogP contribution in [0.15, 0.2) is 60.7 Å². The number of carbonyl (C=O) groups excluding carboxylic acids is 2. The molecule has 0 atom stereocenters. The monoisotopic (exact) mass is 594 g/mol. The number of hydrogen-bond acceptors (Lipinski definition) is 7. The van der Waals surface area contributed by atoms with Crippen LogP contribution in [0.3, 0.4) is 0 Å². The number of thiazole rings is 1. The second-order valence-corrected chi connectivity index (χ2v) is 11.8. The molecule has 13 heteroatoms. The van der Waals surface area contributed by atoms with Crippen LogP contribution in [0.1, 0.15) is 42.3 Å². The standard InChI is InChI=1S/C27H24Cl2N8O2S/c1-27(2,3)17-8-10-19(11-9-17)37(26(39)32-25-30-21-13-18(28)12-20(29)22(21)40-25)14-15-4-6-16(7-5-15)23(38)31-24-33-35-36-34-24/h4-13H,14H2,1-3H3,(H,30,32,39)(H2,31,33,34,35,36,38). The molecule has 0 bridgehead atoms. The number of halogens is 2. The van der Waals surface area contributed by atoms with Crippen LogP contribution in [0.4, 0.5) is 21.6 Å². The van der Waals surface area contributed by atoms with Crippen molar-refractivity contribution in [2.75, 3.05) is 15.5 Å². The van der Waals surface area contributed by atoms with Gasteiger partial charge in [0.15, 0.2) is 5.13 Å². The lowest BCUT2D eigenvalue weighted by Gasteiger charge is -2.25. The van der Waals surface area contributed by atoms with Crippen LogP contribution in [-0.4, -0.2) is 37.5 Å². The van der Waals surface area contributed by atoms with Crippen molar-refractivity contribution in [3.05, 3.63) is 87.4 Å². The van der Waals surface area contributed by atoms with E-state index in [1.165, 1.54) is 11.3 Å². The molecule has 10 nitrogen and oxygen atoms in total. The van der Waals surface area contributed by atoms with Crippen LogP contribution in [0, 0.1) is 0 Å². The quantitative estimate of drug-likeness (QED) is 0.196. The van der Waals surface area contributed by atoms with Crippen LogP contribution in [-0.2, 0) is 12.0 Å². The smallest absolute Gasteiger partial charge is 0.290 e. The van der Waals surface area contributed by atoms with Gasteiger partial charge in [-0.25, -0.2) is 9.78 Å². The Morgan fingerprint density at radius 2 is 1.73 bits per heavy atom. The third-order valence-electron chi connectivity index (χ3n) is 6.04. The molecule has 0 aliphatic carbocycles. The van der Waals surface area contributed by atoms with Gasteiger partial charge < -0.3 is 0 Å². The maximum absolute atomic E-state index is 13.6. The number of anilines is 3. The zero-order chi connectivity index (χ0) is 28.4. The van der Waals surface area contributed by atoms with E-state index in [4.69, 9.17) is 23.2 Å². The molecule has 0 saturated carbocycles. The molecule has 40 heavy (non-hydrogen) atoms. The molecule has 0 fully saturated rings. The van der Waals surface area contributed by atoms with Crippen LogP contribution >= 0.6 is 34.5 Å². The fraction of sp³-hybridized carbons (Fsp3) is 0.185. The lowest BCUT2D eigenvalue weighted by atomic mass is 9.87. The number of aromatic amines is 1. The summed E-state index contributed by atoms with van der Waals surface area (Å²) in [5.41, 5.74) is 3.63. The molecule has 5 aromatic rings. The summed E-state index contributed by atoms with van der Waals surface area (Å²) in [5, 5.41) is 19.9. The Bertz CT molecular complexity index is 1660. The number of H-pyrrole nitrogens is 1. The maximum atomic E-state index is 13.6. The molecule has 2 aromatic heterocycles. The highest BCUT2D eigenvalue weighted by Gasteiger charge is 2.21. The Kier molecular flexibility index (Phi) is 7.70. The lowest BCUT2D eigenvalue weighted by molar-refractivity contribution is 0.102. The number of fused-ring (bicyclic) bond motifs is 1. The van der Waals surface area contributed by atoms with Gasteiger partial charge in [0.25, 0.3) is 11.9 Å². The largest absolute Gasteiger partial charge is 0.328 e. The molecule has 204 valence electrons.